The maximum atomic E-state index is 11.0. The molecular weight excluding hydrogens is 170 g/mol. The summed E-state index contributed by atoms with van der Waals surface area (Å²) in [6.07, 6.45) is 0.216. The fourth-order valence-electron chi connectivity index (χ4n) is 0.631. The summed E-state index contributed by atoms with van der Waals surface area (Å²) in [4.78, 5) is 12.5. The number of rotatable bonds is 6. The molecule has 0 atom stereocenters. The highest BCUT2D eigenvalue weighted by atomic mass is 16.5. The topological polar surface area (TPSA) is 38.8 Å². The third-order valence-corrected chi connectivity index (χ3v) is 1.40. The zero-order valence-corrected chi connectivity index (χ0v) is 8.87. The number of hydrogen-bond donors (Lipinski definition) is 0. The van der Waals surface area contributed by atoms with Crippen molar-refractivity contribution in [1.29, 1.82) is 0 Å². The van der Waals surface area contributed by atoms with E-state index in [0.717, 1.165) is 0 Å². The lowest BCUT2D eigenvalue weighted by Gasteiger charge is -2.11. The Balaban J connectivity index is 3.21. The fourth-order valence-corrected chi connectivity index (χ4v) is 0.631. The van der Waals surface area contributed by atoms with Crippen LogP contribution in [0.25, 0.3) is 0 Å². The average molecular weight is 189 g/mol. The van der Waals surface area contributed by atoms with Gasteiger partial charge in [0.25, 0.3) is 0 Å². The van der Waals surface area contributed by atoms with Crippen LogP contribution in [0.2, 0.25) is 0 Å². The molecule has 1 amide bonds. The van der Waals surface area contributed by atoms with Crippen molar-refractivity contribution in [2.45, 2.75) is 20.0 Å². The first kappa shape index (κ1) is 12.4. The van der Waals surface area contributed by atoms with E-state index in [1.165, 1.54) is 4.90 Å². The standard InChI is InChI=1S/C9H19NO3/c1-8(2)13-6-5-12-7-9(11)10(3)4/h8H,5-7H2,1-4H3. The summed E-state index contributed by atoms with van der Waals surface area (Å²) in [5, 5.41) is 0. The van der Waals surface area contributed by atoms with Crippen LogP contribution in [-0.4, -0.2) is 50.8 Å². The van der Waals surface area contributed by atoms with Crippen molar-refractivity contribution in [3.63, 3.8) is 0 Å². The molecule has 0 radical (unpaired) electrons. The fraction of sp³-hybridized carbons (Fsp3) is 0.889. The van der Waals surface area contributed by atoms with Crippen molar-refractivity contribution < 1.29 is 14.3 Å². The first-order valence-corrected chi connectivity index (χ1v) is 4.43. The number of hydrogen-bond acceptors (Lipinski definition) is 3. The molecule has 13 heavy (non-hydrogen) atoms. The van der Waals surface area contributed by atoms with Gasteiger partial charge < -0.3 is 14.4 Å². The van der Waals surface area contributed by atoms with Crippen molar-refractivity contribution >= 4 is 5.91 Å². The average Bonchev–Trinajstić information content (AvgIpc) is 2.02. The Morgan fingerprint density at radius 1 is 1.31 bits per heavy atom. The lowest BCUT2D eigenvalue weighted by Crippen LogP contribution is -2.27. The van der Waals surface area contributed by atoms with Crippen LogP contribution >= 0.6 is 0 Å². The molecule has 0 aliphatic rings. The molecule has 0 unspecified atom stereocenters. The van der Waals surface area contributed by atoms with Crippen LogP contribution in [0.1, 0.15) is 13.8 Å². The van der Waals surface area contributed by atoms with E-state index in [-0.39, 0.29) is 18.6 Å². The predicted octanol–water partition coefficient (Wildman–Crippen LogP) is 0.516. The number of nitrogens with zero attached hydrogens (tertiary/aromatic N) is 1. The maximum Gasteiger partial charge on any atom is 0.248 e. The Kier molecular flexibility index (Phi) is 6.54. The molecule has 0 saturated carbocycles. The zero-order valence-electron chi connectivity index (χ0n) is 8.87. The molecule has 0 aliphatic carbocycles. The third-order valence-electron chi connectivity index (χ3n) is 1.40. The van der Waals surface area contributed by atoms with Crippen LogP contribution in [0.3, 0.4) is 0 Å². The van der Waals surface area contributed by atoms with Crippen LogP contribution in [-0.2, 0) is 14.3 Å². The molecule has 78 valence electrons. The summed E-state index contributed by atoms with van der Waals surface area (Å²) in [6, 6.07) is 0. The second kappa shape index (κ2) is 6.86. The third kappa shape index (κ3) is 7.74. The van der Waals surface area contributed by atoms with Crippen molar-refractivity contribution in [1.82, 2.24) is 4.90 Å². The van der Waals surface area contributed by atoms with Gasteiger partial charge in [-0.15, -0.1) is 0 Å². The molecule has 0 aromatic rings. The van der Waals surface area contributed by atoms with E-state index in [0.29, 0.717) is 13.2 Å². The highest BCUT2D eigenvalue weighted by Gasteiger charge is 2.02. The summed E-state index contributed by atoms with van der Waals surface area (Å²) in [5.74, 6) is -0.0236. The first-order valence-electron chi connectivity index (χ1n) is 4.43. The minimum Gasteiger partial charge on any atom is -0.376 e. The molecule has 0 saturated heterocycles. The van der Waals surface area contributed by atoms with E-state index < -0.39 is 0 Å². The van der Waals surface area contributed by atoms with Crippen molar-refractivity contribution in [2.75, 3.05) is 33.9 Å². The van der Waals surface area contributed by atoms with Crippen molar-refractivity contribution in [3.8, 4) is 0 Å². The molecule has 0 N–H and O–H groups in total. The van der Waals surface area contributed by atoms with Gasteiger partial charge in [0.2, 0.25) is 5.91 Å². The Morgan fingerprint density at radius 3 is 2.38 bits per heavy atom. The summed E-state index contributed by atoms with van der Waals surface area (Å²) in [6.45, 7) is 5.07. The quantitative estimate of drug-likeness (QED) is 0.572. The van der Waals surface area contributed by atoms with Gasteiger partial charge >= 0.3 is 0 Å². The Labute approximate surface area is 79.8 Å². The number of amides is 1. The van der Waals surface area contributed by atoms with Gasteiger partial charge in [-0.05, 0) is 13.8 Å². The molecule has 4 nitrogen and oxygen atoms in total. The van der Waals surface area contributed by atoms with Crippen LogP contribution in [0.15, 0.2) is 0 Å². The first-order chi connectivity index (χ1) is 6.04. The van der Waals surface area contributed by atoms with E-state index in [1.807, 2.05) is 13.8 Å². The number of ether oxygens (including phenoxy) is 2. The van der Waals surface area contributed by atoms with Gasteiger partial charge in [0.05, 0.1) is 19.3 Å². The lowest BCUT2D eigenvalue weighted by molar-refractivity contribution is -0.134. The Morgan fingerprint density at radius 2 is 1.92 bits per heavy atom. The van der Waals surface area contributed by atoms with Gasteiger partial charge in [0.15, 0.2) is 0 Å². The van der Waals surface area contributed by atoms with Crippen LogP contribution in [0.5, 0.6) is 0 Å². The monoisotopic (exact) mass is 189 g/mol. The molecule has 0 bridgehead atoms. The van der Waals surface area contributed by atoms with Gasteiger partial charge in [-0.2, -0.15) is 0 Å². The summed E-state index contributed by atoms with van der Waals surface area (Å²) in [5.41, 5.74) is 0. The molecule has 0 rings (SSSR count). The van der Waals surface area contributed by atoms with Crippen LogP contribution in [0.4, 0.5) is 0 Å². The molecular formula is C9H19NO3. The van der Waals surface area contributed by atoms with Crippen molar-refractivity contribution in [3.05, 3.63) is 0 Å². The highest BCUT2D eigenvalue weighted by Crippen LogP contribution is 1.88. The zero-order chi connectivity index (χ0) is 10.3. The molecule has 0 heterocycles. The number of likely N-dealkylation sites (N-methyl/N-ethyl adjacent to an activating group) is 1. The van der Waals surface area contributed by atoms with Crippen molar-refractivity contribution in [2.24, 2.45) is 0 Å². The molecule has 0 fully saturated rings. The molecule has 0 spiro atoms. The second-order valence-electron chi connectivity index (χ2n) is 3.26. The van der Waals surface area contributed by atoms with E-state index in [1.54, 1.807) is 14.1 Å². The Bertz CT molecular complexity index is 146. The van der Waals surface area contributed by atoms with E-state index in [2.05, 4.69) is 0 Å². The van der Waals surface area contributed by atoms with E-state index in [4.69, 9.17) is 9.47 Å². The summed E-state index contributed by atoms with van der Waals surface area (Å²) >= 11 is 0. The predicted molar refractivity (Wildman–Crippen MR) is 50.6 cm³/mol. The van der Waals surface area contributed by atoms with Gasteiger partial charge in [-0.3, -0.25) is 4.79 Å². The van der Waals surface area contributed by atoms with Gasteiger partial charge in [-0.1, -0.05) is 0 Å². The Hall–Kier alpha value is -0.610. The normalized spacial score (nSPS) is 10.5. The SMILES string of the molecule is CC(C)OCCOCC(=O)N(C)C. The summed E-state index contributed by atoms with van der Waals surface area (Å²) in [7, 11) is 3.41. The second-order valence-corrected chi connectivity index (χ2v) is 3.26. The van der Waals surface area contributed by atoms with Gasteiger partial charge in [-0.25, -0.2) is 0 Å². The minimum absolute atomic E-state index is 0.0236. The summed E-state index contributed by atoms with van der Waals surface area (Å²) < 4.78 is 10.3. The van der Waals surface area contributed by atoms with E-state index >= 15 is 0 Å². The molecule has 0 aliphatic heterocycles. The number of carbonyl (C=O) groups is 1. The highest BCUT2D eigenvalue weighted by molar-refractivity contribution is 5.76. The van der Waals surface area contributed by atoms with Crippen LogP contribution in [0, 0.1) is 0 Å². The van der Waals surface area contributed by atoms with Crippen LogP contribution < -0.4 is 0 Å². The van der Waals surface area contributed by atoms with Gasteiger partial charge in [0.1, 0.15) is 6.61 Å². The molecule has 0 aromatic heterocycles. The number of carbonyl (C=O) groups excluding carboxylic acids is 1. The largest absolute Gasteiger partial charge is 0.376 e. The van der Waals surface area contributed by atoms with E-state index in [9.17, 15) is 4.79 Å². The molecule has 0 aromatic carbocycles. The smallest absolute Gasteiger partial charge is 0.248 e. The van der Waals surface area contributed by atoms with Gasteiger partial charge in [0, 0.05) is 14.1 Å². The minimum atomic E-state index is -0.0236. The maximum absolute atomic E-state index is 11.0. The lowest BCUT2D eigenvalue weighted by atomic mass is 10.5. The molecule has 4 heteroatoms.